The Balaban J connectivity index is 1.89. The number of hydrogen-bond donors (Lipinski definition) is 2. The Morgan fingerprint density at radius 3 is 2.33 bits per heavy atom. The van der Waals surface area contributed by atoms with Crippen molar-refractivity contribution in [3.05, 3.63) is 129 Å². The quantitative estimate of drug-likeness (QED) is 0.224. The normalized spacial score (nSPS) is 19.7. The van der Waals surface area contributed by atoms with Crippen LogP contribution >= 0.6 is 18.1 Å². The number of nitrogens with one attached hydrogen (secondary N) is 1. The SMILES string of the molecule is C=C/C(=C\C)C(c1ccccc1)(c1ccccc1)N1C[C@@H](COP(=O)(Cl)N(C)CCN)O[C@@H](n2cc(C)c(=O)[nH]c2=O)C1. The molecule has 1 aromatic heterocycles. The van der Waals surface area contributed by atoms with Crippen LogP contribution in [0.25, 0.3) is 0 Å². The zero-order valence-corrected chi connectivity index (χ0v) is 26.3. The van der Waals surface area contributed by atoms with Crippen LogP contribution in [0, 0.1) is 6.92 Å². The van der Waals surface area contributed by atoms with Gasteiger partial charge in [0.2, 0.25) is 0 Å². The van der Waals surface area contributed by atoms with Crippen molar-refractivity contribution in [2.75, 3.05) is 39.8 Å². The molecule has 0 bridgehead atoms. The number of benzene rings is 2. The fourth-order valence-corrected chi connectivity index (χ4v) is 6.89. The average molecular weight is 628 g/mol. The highest BCUT2D eigenvalue weighted by Crippen LogP contribution is 2.55. The summed E-state index contributed by atoms with van der Waals surface area (Å²) in [5.74, 6) is 0. The number of hydrogen-bond acceptors (Lipinski definition) is 7. The molecule has 1 aliphatic rings. The third-order valence-electron chi connectivity index (χ3n) is 7.69. The second kappa shape index (κ2) is 14.1. The molecule has 3 aromatic rings. The largest absolute Gasteiger partial charge is 0.362 e. The van der Waals surface area contributed by atoms with E-state index in [4.69, 9.17) is 26.2 Å². The molecule has 12 heteroatoms. The lowest BCUT2D eigenvalue weighted by Gasteiger charge is -2.51. The van der Waals surface area contributed by atoms with E-state index in [0.717, 1.165) is 16.7 Å². The van der Waals surface area contributed by atoms with Crippen LogP contribution in [-0.4, -0.2) is 65.1 Å². The van der Waals surface area contributed by atoms with Crippen molar-refractivity contribution >= 4 is 18.1 Å². The number of H-pyrrole nitrogens is 1. The lowest BCUT2D eigenvalue weighted by Crippen LogP contribution is -2.58. The molecule has 0 radical (unpaired) electrons. The molecule has 1 aliphatic heterocycles. The fraction of sp³-hybridized carbons (Fsp3) is 0.355. The minimum absolute atomic E-state index is 0.126. The summed E-state index contributed by atoms with van der Waals surface area (Å²) in [7, 11) is 1.58. The number of likely N-dealkylation sites (N-methyl/N-ethyl adjacent to an activating group) is 1. The van der Waals surface area contributed by atoms with E-state index in [2.05, 4.69) is 40.7 Å². The highest BCUT2D eigenvalue weighted by molar-refractivity contribution is 7.83. The van der Waals surface area contributed by atoms with Gasteiger partial charge in [0.1, 0.15) is 0 Å². The summed E-state index contributed by atoms with van der Waals surface area (Å²) in [6, 6.07) is 20.1. The average Bonchev–Trinajstić information content (AvgIpc) is 3.01. The monoisotopic (exact) mass is 627 g/mol. The molecular formula is C31H39ClN5O5P. The number of rotatable bonds is 12. The molecule has 0 spiro atoms. The molecule has 43 heavy (non-hydrogen) atoms. The van der Waals surface area contributed by atoms with E-state index in [1.807, 2.05) is 55.5 Å². The predicted octanol–water partition coefficient (Wildman–Crippen LogP) is 4.37. The Labute approximate surface area is 256 Å². The van der Waals surface area contributed by atoms with Crippen LogP contribution in [0.15, 0.2) is 101 Å². The number of allylic oxidation sites excluding steroid dienone is 1. The van der Waals surface area contributed by atoms with Gasteiger partial charge in [0.05, 0.1) is 18.2 Å². The third-order valence-corrected chi connectivity index (χ3v) is 10.2. The lowest BCUT2D eigenvalue weighted by molar-refractivity contribution is -0.148. The first-order chi connectivity index (χ1) is 20.6. The van der Waals surface area contributed by atoms with E-state index in [9.17, 15) is 14.2 Å². The number of ether oxygens (including phenoxy) is 1. The summed E-state index contributed by atoms with van der Waals surface area (Å²) in [6.07, 6.45) is 3.84. The van der Waals surface area contributed by atoms with Crippen molar-refractivity contribution in [3.8, 4) is 0 Å². The number of morpholine rings is 1. The maximum absolute atomic E-state index is 13.2. The Hall–Kier alpha value is -3.08. The molecular weight excluding hydrogens is 589 g/mol. The van der Waals surface area contributed by atoms with E-state index in [1.165, 1.54) is 15.4 Å². The van der Waals surface area contributed by atoms with Gasteiger partial charge >= 0.3 is 12.6 Å². The molecule has 10 nitrogen and oxygen atoms in total. The van der Waals surface area contributed by atoms with Gasteiger partial charge in [-0.1, -0.05) is 79.4 Å². The van der Waals surface area contributed by atoms with Crippen LogP contribution in [0.2, 0.25) is 0 Å². The highest BCUT2D eigenvalue weighted by atomic mass is 35.7. The number of aromatic nitrogens is 2. The Morgan fingerprint density at radius 2 is 1.79 bits per heavy atom. The Bertz CT molecular complexity index is 1550. The highest BCUT2D eigenvalue weighted by Gasteiger charge is 2.47. The number of aryl methyl sites for hydroxylation is 1. The van der Waals surface area contributed by atoms with Crippen molar-refractivity contribution in [2.45, 2.75) is 31.7 Å². The van der Waals surface area contributed by atoms with Crippen molar-refractivity contribution in [1.29, 1.82) is 0 Å². The molecule has 2 aromatic carbocycles. The van der Waals surface area contributed by atoms with Crippen LogP contribution in [0.5, 0.6) is 0 Å². The molecule has 2 heterocycles. The van der Waals surface area contributed by atoms with Crippen molar-refractivity contribution in [3.63, 3.8) is 0 Å². The van der Waals surface area contributed by atoms with E-state index in [0.29, 0.717) is 12.1 Å². The summed E-state index contributed by atoms with van der Waals surface area (Å²) < 4.78 is 28.2. The molecule has 230 valence electrons. The number of aromatic amines is 1. The zero-order chi connectivity index (χ0) is 31.2. The number of nitrogens with two attached hydrogens (primary N) is 1. The lowest BCUT2D eigenvalue weighted by atomic mass is 9.74. The van der Waals surface area contributed by atoms with Crippen molar-refractivity contribution in [2.24, 2.45) is 5.73 Å². The van der Waals surface area contributed by atoms with Gasteiger partial charge in [-0.15, -0.1) is 0 Å². The molecule has 0 saturated carbocycles. The van der Waals surface area contributed by atoms with E-state index in [-0.39, 0.29) is 26.2 Å². The van der Waals surface area contributed by atoms with Gasteiger partial charge in [0, 0.05) is 37.9 Å². The van der Waals surface area contributed by atoms with Gasteiger partial charge in [-0.25, -0.2) is 9.46 Å². The molecule has 0 aliphatic carbocycles. The number of nitrogens with zero attached hydrogens (tertiary/aromatic N) is 3. The number of halogens is 1. The molecule has 3 atom stereocenters. The van der Waals surface area contributed by atoms with Crippen LogP contribution in [0.3, 0.4) is 0 Å². The maximum atomic E-state index is 13.2. The predicted molar refractivity (Wildman–Crippen MR) is 170 cm³/mol. The maximum Gasteiger partial charge on any atom is 0.362 e. The van der Waals surface area contributed by atoms with Gasteiger partial charge in [-0.2, -0.15) is 0 Å². The van der Waals surface area contributed by atoms with Crippen molar-refractivity contribution < 1.29 is 13.8 Å². The third kappa shape index (κ3) is 6.86. The summed E-state index contributed by atoms with van der Waals surface area (Å²) in [5, 5.41) is 0. The second-order valence-corrected chi connectivity index (χ2v) is 13.5. The first-order valence-corrected chi connectivity index (χ1v) is 16.6. The van der Waals surface area contributed by atoms with Crippen LogP contribution in [0.1, 0.15) is 29.8 Å². The van der Waals surface area contributed by atoms with Gasteiger partial charge in [-0.3, -0.25) is 23.8 Å². The van der Waals surface area contributed by atoms with Gasteiger partial charge in [0.15, 0.2) is 6.23 Å². The van der Waals surface area contributed by atoms with Gasteiger partial charge in [-0.05, 0) is 48.8 Å². The molecule has 1 fully saturated rings. The fourth-order valence-electron chi connectivity index (χ4n) is 5.60. The van der Waals surface area contributed by atoms with E-state index >= 15 is 0 Å². The van der Waals surface area contributed by atoms with Gasteiger partial charge < -0.3 is 15.0 Å². The van der Waals surface area contributed by atoms with E-state index in [1.54, 1.807) is 14.0 Å². The first-order valence-electron chi connectivity index (χ1n) is 14.1. The molecule has 4 rings (SSSR count). The summed E-state index contributed by atoms with van der Waals surface area (Å²) in [5.41, 5.74) is 6.94. The van der Waals surface area contributed by atoms with Crippen LogP contribution < -0.4 is 17.0 Å². The summed E-state index contributed by atoms with van der Waals surface area (Å²) in [4.78, 5) is 29.9. The molecule has 1 unspecified atom stereocenters. The second-order valence-electron chi connectivity index (χ2n) is 10.4. The topological polar surface area (TPSA) is 123 Å². The zero-order valence-electron chi connectivity index (χ0n) is 24.7. The smallest absolute Gasteiger partial charge is 0.350 e. The minimum atomic E-state index is -3.71. The summed E-state index contributed by atoms with van der Waals surface area (Å²) >= 11 is 6.33. The Morgan fingerprint density at radius 1 is 1.19 bits per heavy atom. The molecule has 3 N–H and O–H groups in total. The first kappa shape index (κ1) is 32.8. The minimum Gasteiger partial charge on any atom is -0.350 e. The standard InChI is InChI=1S/C31H39ClN5O5P/c1-5-24(6-2)31(25-13-9-7-10-14-25,26-15-11-8-12-16-26)36-20-27(22-41-43(32,40)35(4)18-17-33)42-28(21-36)37-19-23(3)29(38)34-30(37)39/h5-16,19,27-28H,1,17-18,20-22,33H2,2-4H3,(H,34,38,39)/b24-6+/t27-,28+,43?/m0/s1. The Kier molecular flexibility index (Phi) is 10.8. The van der Waals surface area contributed by atoms with Crippen LogP contribution in [0.4, 0.5) is 0 Å². The molecule has 1 saturated heterocycles. The summed E-state index contributed by atoms with van der Waals surface area (Å²) in [6.45, 7) is 5.03. The molecule has 0 amide bonds. The van der Waals surface area contributed by atoms with Crippen LogP contribution in [-0.2, 0) is 19.4 Å². The van der Waals surface area contributed by atoms with E-state index < -0.39 is 36.0 Å². The van der Waals surface area contributed by atoms with Crippen molar-refractivity contribution in [1.82, 2.24) is 19.1 Å². The van der Waals surface area contributed by atoms with Gasteiger partial charge in [0.25, 0.3) is 5.56 Å².